The van der Waals surface area contributed by atoms with Crippen LogP contribution in [-0.4, -0.2) is 31.1 Å². The first-order chi connectivity index (χ1) is 19.6. The van der Waals surface area contributed by atoms with Crippen molar-refractivity contribution in [3.63, 3.8) is 0 Å². The van der Waals surface area contributed by atoms with Crippen LogP contribution in [0.1, 0.15) is 10.4 Å². The van der Waals surface area contributed by atoms with E-state index in [1.165, 1.54) is 6.07 Å². The highest BCUT2D eigenvalue weighted by atomic mass is 19.1. The van der Waals surface area contributed by atoms with Gasteiger partial charge in [0, 0.05) is 39.9 Å². The van der Waals surface area contributed by atoms with Crippen LogP contribution < -0.4 is 5.32 Å². The quantitative estimate of drug-likeness (QED) is 0.221. The average Bonchev–Trinajstić information content (AvgIpc) is 3.62. The van der Waals surface area contributed by atoms with Crippen molar-refractivity contribution < 1.29 is 9.18 Å². The molecule has 7 nitrogen and oxygen atoms in total. The number of nitrogens with zero attached hydrogens (tertiary/aromatic N) is 3. The summed E-state index contributed by atoms with van der Waals surface area (Å²) >= 11 is 0. The summed E-state index contributed by atoms with van der Waals surface area (Å²) in [4.78, 5) is 24.8. The molecule has 40 heavy (non-hydrogen) atoms. The molecule has 3 aromatic carbocycles. The van der Waals surface area contributed by atoms with Crippen LogP contribution in [0.5, 0.6) is 0 Å². The van der Waals surface area contributed by atoms with Gasteiger partial charge in [-0.1, -0.05) is 42.5 Å². The molecule has 7 aromatic rings. The van der Waals surface area contributed by atoms with Crippen LogP contribution in [0, 0.1) is 5.82 Å². The molecule has 0 fully saturated rings. The summed E-state index contributed by atoms with van der Waals surface area (Å²) in [7, 11) is 0. The summed E-state index contributed by atoms with van der Waals surface area (Å²) in [5, 5.41) is 12.3. The average molecular weight is 525 g/mol. The molecule has 0 aliphatic rings. The van der Waals surface area contributed by atoms with E-state index in [4.69, 9.17) is 0 Å². The van der Waals surface area contributed by atoms with Gasteiger partial charge < -0.3 is 10.3 Å². The lowest BCUT2D eigenvalue weighted by Crippen LogP contribution is -2.11. The maximum absolute atomic E-state index is 14.6. The number of carbonyl (C=O) groups is 1. The van der Waals surface area contributed by atoms with E-state index < -0.39 is 0 Å². The number of anilines is 1. The fourth-order valence-corrected chi connectivity index (χ4v) is 4.93. The summed E-state index contributed by atoms with van der Waals surface area (Å²) in [5.41, 5.74) is 7.19. The molecule has 0 aliphatic heterocycles. The van der Waals surface area contributed by atoms with E-state index in [9.17, 15) is 9.18 Å². The molecule has 0 saturated carbocycles. The SMILES string of the molecule is O=C(Nc1cncc(-c2ccc3[nH]nc(-c4cc5c(-c6ccccc6F)ccnc5[nH]4)c3c2)c1)c1ccccc1. The summed E-state index contributed by atoms with van der Waals surface area (Å²) in [5.74, 6) is -0.488. The first kappa shape index (κ1) is 23.5. The number of halogens is 1. The van der Waals surface area contributed by atoms with E-state index in [2.05, 4.69) is 30.5 Å². The predicted molar refractivity (Wildman–Crippen MR) is 154 cm³/mol. The van der Waals surface area contributed by atoms with Gasteiger partial charge in [0.2, 0.25) is 0 Å². The van der Waals surface area contributed by atoms with Crippen LogP contribution in [0.3, 0.4) is 0 Å². The van der Waals surface area contributed by atoms with Crippen LogP contribution in [0.25, 0.3) is 55.6 Å². The third kappa shape index (κ3) is 4.17. The number of pyridine rings is 2. The van der Waals surface area contributed by atoms with Crippen molar-refractivity contribution in [1.29, 1.82) is 0 Å². The van der Waals surface area contributed by atoms with Gasteiger partial charge in [-0.2, -0.15) is 5.10 Å². The smallest absolute Gasteiger partial charge is 0.255 e. The number of amides is 1. The Bertz CT molecular complexity index is 2030. The number of benzene rings is 3. The topological polar surface area (TPSA) is 99.3 Å². The molecule has 192 valence electrons. The van der Waals surface area contributed by atoms with Crippen molar-refractivity contribution in [1.82, 2.24) is 25.1 Å². The van der Waals surface area contributed by atoms with Crippen LogP contribution in [-0.2, 0) is 0 Å². The minimum atomic E-state index is -0.289. The van der Waals surface area contributed by atoms with E-state index in [1.807, 2.05) is 60.7 Å². The lowest BCUT2D eigenvalue weighted by molar-refractivity contribution is 0.102. The van der Waals surface area contributed by atoms with Crippen molar-refractivity contribution in [2.24, 2.45) is 0 Å². The molecule has 0 atom stereocenters. The first-order valence-corrected chi connectivity index (χ1v) is 12.7. The number of hydrogen-bond acceptors (Lipinski definition) is 4. The van der Waals surface area contributed by atoms with Gasteiger partial charge in [-0.15, -0.1) is 0 Å². The summed E-state index contributed by atoms with van der Waals surface area (Å²) in [6.07, 6.45) is 5.05. The molecule has 0 bridgehead atoms. The van der Waals surface area contributed by atoms with Crippen LogP contribution in [0.15, 0.2) is 110 Å². The minimum Gasteiger partial charge on any atom is -0.338 e. The van der Waals surface area contributed by atoms with Gasteiger partial charge in [-0.05, 0) is 59.7 Å². The van der Waals surface area contributed by atoms with Crippen LogP contribution in [0.4, 0.5) is 10.1 Å². The second-order valence-electron chi connectivity index (χ2n) is 9.40. The van der Waals surface area contributed by atoms with E-state index in [1.54, 1.807) is 42.9 Å². The fraction of sp³-hybridized carbons (Fsp3) is 0. The number of nitrogens with one attached hydrogen (secondary N) is 3. The van der Waals surface area contributed by atoms with Crippen molar-refractivity contribution in [3.05, 3.63) is 121 Å². The maximum Gasteiger partial charge on any atom is 0.255 e. The molecular weight excluding hydrogens is 503 g/mol. The highest BCUT2D eigenvalue weighted by Gasteiger charge is 2.16. The van der Waals surface area contributed by atoms with Crippen molar-refractivity contribution in [3.8, 4) is 33.6 Å². The zero-order chi connectivity index (χ0) is 27.1. The number of rotatable bonds is 5. The lowest BCUT2D eigenvalue weighted by Gasteiger charge is -2.08. The molecule has 0 spiro atoms. The third-order valence-electron chi connectivity index (χ3n) is 6.88. The molecule has 1 amide bonds. The minimum absolute atomic E-state index is 0.200. The van der Waals surface area contributed by atoms with Gasteiger partial charge in [0.1, 0.15) is 17.2 Å². The van der Waals surface area contributed by atoms with Gasteiger partial charge in [-0.25, -0.2) is 9.37 Å². The Morgan fingerprint density at radius 1 is 0.800 bits per heavy atom. The predicted octanol–water partition coefficient (Wildman–Crippen LogP) is 7.23. The molecule has 4 aromatic heterocycles. The Kier molecular flexibility index (Phi) is 5.63. The monoisotopic (exact) mass is 524 g/mol. The molecule has 7 rings (SSSR count). The fourth-order valence-electron chi connectivity index (χ4n) is 4.93. The summed E-state index contributed by atoms with van der Waals surface area (Å²) in [6.45, 7) is 0. The third-order valence-corrected chi connectivity index (χ3v) is 6.88. The number of fused-ring (bicyclic) bond motifs is 2. The second kappa shape index (κ2) is 9.59. The lowest BCUT2D eigenvalue weighted by atomic mass is 10.0. The Hall–Kier alpha value is -5.63. The Balaban J connectivity index is 1.26. The number of aromatic amines is 2. The van der Waals surface area contributed by atoms with E-state index in [-0.39, 0.29) is 11.7 Å². The number of hydrogen-bond donors (Lipinski definition) is 3. The standard InChI is InChI=1S/C32H21FN6O/c33-27-9-5-4-8-24(27)23-12-13-35-31-25(23)16-29(37-31)30-26-15-20(10-11-28(26)38-39-30)21-14-22(18-34-17-21)36-32(40)19-6-2-1-3-7-19/h1-18H,(H,35,37)(H,36,40)(H,38,39). The van der Waals surface area contributed by atoms with Gasteiger partial charge in [0.25, 0.3) is 5.91 Å². The molecule has 8 heteroatoms. The zero-order valence-electron chi connectivity index (χ0n) is 21.0. The molecule has 4 heterocycles. The van der Waals surface area contributed by atoms with Gasteiger partial charge in [-0.3, -0.25) is 14.9 Å². The van der Waals surface area contributed by atoms with Crippen molar-refractivity contribution in [2.75, 3.05) is 5.32 Å². The summed E-state index contributed by atoms with van der Waals surface area (Å²) in [6, 6.07) is 27.4. The normalized spacial score (nSPS) is 11.2. The van der Waals surface area contributed by atoms with E-state index in [0.717, 1.165) is 44.4 Å². The highest BCUT2D eigenvalue weighted by Crippen LogP contribution is 2.35. The number of carbonyl (C=O) groups excluding carboxylic acids is 1. The van der Waals surface area contributed by atoms with Crippen molar-refractivity contribution >= 4 is 33.5 Å². The number of H-pyrrole nitrogens is 2. The van der Waals surface area contributed by atoms with Crippen molar-refractivity contribution in [2.45, 2.75) is 0 Å². The number of aromatic nitrogens is 5. The molecular formula is C32H21FN6O. The van der Waals surface area contributed by atoms with E-state index in [0.29, 0.717) is 22.5 Å². The maximum atomic E-state index is 14.6. The van der Waals surface area contributed by atoms with Crippen LogP contribution >= 0.6 is 0 Å². The van der Waals surface area contributed by atoms with E-state index >= 15 is 0 Å². The molecule has 0 radical (unpaired) electrons. The molecule has 0 saturated heterocycles. The Labute approximate surface area is 227 Å². The molecule has 0 aliphatic carbocycles. The second-order valence-corrected chi connectivity index (χ2v) is 9.40. The Morgan fingerprint density at radius 2 is 1.65 bits per heavy atom. The van der Waals surface area contributed by atoms with Gasteiger partial charge in [0.05, 0.1) is 23.1 Å². The first-order valence-electron chi connectivity index (χ1n) is 12.7. The van der Waals surface area contributed by atoms with Crippen LogP contribution in [0.2, 0.25) is 0 Å². The molecule has 0 unspecified atom stereocenters. The highest BCUT2D eigenvalue weighted by molar-refractivity contribution is 6.04. The molecule has 3 N–H and O–H groups in total. The van der Waals surface area contributed by atoms with Gasteiger partial charge in [0.15, 0.2) is 0 Å². The zero-order valence-corrected chi connectivity index (χ0v) is 21.0. The Morgan fingerprint density at radius 3 is 2.52 bits per heavy atom. The summed E-state index contributed by atoms with van der Waals surface area (Å²) < 4.78 is 14.6. The largest absolute Gasteiger partial charge is 0.338 e. The van der Waals surface area contributed by atoms with Gasteiger partial charge >= 0.3 is 0 Å².